The minimum Gasteiger partial charge on any atom is -0.336 e. The molecule has 128 valence electrons. The number of likely N-dealkylation sites (N-methyl/N-ethyl adjacent to an activating group) is 1. The Morgan fingerprint density at radius 3 is 2.70 bits per heavy atom. The van der Waals surface area contributed by atoms with Crippen molar-refractivity contribution in [1.29, 1.82) is 0 Å². The second kappa shape index (κ2) is 5.80. The lowest BCUT2D eigenvalue weighted by molar-refractivity contribution is -0.132. The Bertz CT molecular complexity index is 545. The van der Waals surface area contributed by atoms with Gasteiger partial charge in [-0.15, -0.1) is 0 Å². The molecule has 0 aromatic heterocycles. The first-order valence-electron chi connectivity index (χ1n) is 8.89. The molecule has 0 unspecified atom stereocenters. The molecule has 1 saturated carbocycles. The summed E-state index contributed by atoms with van der Waals surface area (Å²) in [6.07, 6.45) is 2.61. The van der Waals surface area contributed by atoms with Crippen molar-refractivity contribution in [2.75, 3.05) is 19.6 Å². The summed E-state index contributed by atoms with van der Waals surface area (Å²) < 4.78 is 0. The molecular formula is C17H28N4O2. The molecule has 3 aliphatic rings. The highest BCUT2D eigenvalue weighted by atomic mass is 16.2. The summed E-state index contributed by atoms with van der Waals surface area (Å²) in [7, 11) is 0. The molecule has 3 rings (SSSR count). The van der Waals surface area contributed by atoms with Crippen molar-refractivity contribution in [2.24, 2.45) is 16.8 Å². The van der Waals surface area contributed by atoms with Crippen LogP contribution in [0.25, 0.3) is 0 Å². The maximum absolute atomic E-state index is 13.0. The van der Waals surface area contributed by atoms with Gasteiger partial charge in [-0.3, -0.25) is 14.7 Å². The third-order valence-corrected chi connectivity index (χ3v) is 5.54. The van der Waals surface area contributed by atoms with Crippen molar-refractivity contribution in [3.8, 4) is 0 Å². The SMILES string of the molecule is CCC1=N[C@]2(CC[C@H]3CN(C(=O)NC(C)C)C[C@H]32)C(=O)N1CC. The van der Waals surface area contributed by atoms with Crippen LogP contribution in [0, 0.1) is 11.8 Å². The summed E-state index contributed by atoms with van der Waals surface area (Å²) in [5.41, 5.74) is -0.598. The van der Waals surface area contributed by atoms with Crippen molar-refractivity contribution in [3.63, 3.8) is 0 Å². The Morgan fingerprint density at radius 1 is 1.39 bits per heavy atom. The molecular weight excluding hydrogens is 292 g/mol. The van der Waals surface area contributed by atoms with E-state index in [-0.39, 0.29) is 23.9 Å². The Hall–Kier alpha value is -1.59. The van der Waals surface area contributed by atoms with Gasteiger partial charge in [0.05, 0.1) is 0 Å². The predicted molar refractivity (Wildman–Crippen MR) is 89.3 cm³/mol. The van der Waals surface area contributed by atoms with Gasteiger partial charge in [-0.2, -0.15) is 0 Å². The average molecular weight is 320 g/mol. The number of amidine groups is 1. The van der Waals surface area contributed by atoms with Crippen molar-refractivity contribution < 1.29 is 9.59 Å². The summed E-state index contributed by atoms with van der Waals surface area (Å²) in [5, 5.41) is 2.96. The number of fused-ring (bicyclic) bond motifs is 2. The fourth-order valence-corrected chi connectivity index (χ4v) is 4.49. The van der Waals surface area contributed by atoms with Gasteiger partial charge in [0, 0.05) is 38.0 Å². The molecule has 1 spiro atoms. The Labute approximate surface area is 138 Å². The van der Waals surface area contributed by atoms with Crippen LogP contribution < -0.4 is 5.32 Å². The lowest BCUT2D eigenvalue weighted by atomic mass is 9.85. The number of carbonyl (C=O) groups excluding carboxylic acids is 2. The molecule has 0 radical (unpaired) electrons. The number of nitrogens with zero attached hydrogens (tertiary/aromatic N) is 3. The van der Waals surface area contributed by atoms with E-state index in [1.165, 1.54) is 0 Å². The zero-order valence-electron chi connectivity index (χ0n) is 14.6. The summed E-state index contributed by atoms with van der Waals surface area (Å²) in [5.74, 6) is 1.65. The van der Waals surface area contributed by atoms with Gasteiger partial charge >= 0.3 is 6.03 Å². The molecule has 3 atom stereocenters. The molecule has 2 heterocycles. The average Bonchev–Trinajstić information content (AvgIpc) is 3.13. The molecule has 1 saturated heterocycles. The maximum Gasteiger partial charge on any atom is 0.317 e. The molecule has 2 fully saturated rings. The molecule has 0 aromatic rings. The summed E-state index contributed by atoms with van der Waals surface area (Å²) in [4.78, 5) is 33.9. The summed E-state index contributed by atoms with van der Waals surface area (Å²) in [6.45, 7) is 10.1. The van der Waals surface area contributed by atoms with Crippen LogP contribution in [-0.4, -0.2) is 58.8 Å². The van der Waals surface area contributed by atoms with E-state index >= 15 is 0 Å². The number of urea groups is 1. The van der Waals surface area contributed by atoms with Crippen molar-refractivity contribution in [3.05, 3.63) is 0 Å². The normalized spacial score (nSPS) is 32.9. The first kappa shape index (κ1) is 16.3. The first-order valence-corrected chi connectivity index (χ1v) is 8.89. The van der Waals surface area contributed by atoms with E-state index in [2.05, 4.69) is 12.2 Å². The first-order chi connectivity index (χ1) is 10.9. The lowest BCUT2D eigenvalue weighted by Gasteiger charge is -2.28. The number of likely N-dealkylation sites (tertiary alicyclic amines) is 1. The van der Waals surface area contributed by atoms with Gasteiger partial charge in [0.2, 0.25) is 0 Å². The summed E-state index contributed by atoms with van der Waals surface area (Å²) >= 11 is 0. The molecule has 1 aliphatic carbocycles. The molecule has 3 amide bonds. The second-order valence-corrected chi connectivity index (χ2v) is 7.27. The van der Waals surface area contributed by atoms with Crippen LogP contribution in [0.4, 0.5) is 4.79 Å². The Morgan fingerprint density at radius 2 is 2.13 bits per heavy atom. The van der Waals surface area contributed by atoms with Crippen molar-refractivity contribution >= 4 is 17.8 Å². The van der Waals surface area contributed by atoms with E-state index in [9.17, 15) is 9.59 Å². The molecule has 2 aliphatic heterocycles. The minimum atomic E-state index is -0.598. The number of amides is 3. The van der Waals surface area contributed by atoms with Crippen molar-refractivity contribution in [1.82, 2.24) is 15.1 Å². The molecule has 23 heavy (non-hydrogen) atoms. The third-order valence-electron chi connectivity index (χ3n) is 5.54. The van der Waals surface area contributed by atoms with E-state index in [1.807, 2.05) is 30.6 Å². The van der Waals surface area contributed by atoms with Gasteiger partial charge in [0.15, 0.2) is 0 Å². The smallest absolute Gasteiger partial charge is 0.317 e. The van der Waals surface area contributed by atoms with E-state index in [4.69, 9.17) is 4.99 Å². The fourth-order valence-electron chi connectivity index (χ4n) is 4.49. The Kier molecular flexibility index (Phi) is 4.10. The standard InChI is InChI=1S/C17H28N4O2/c1-5-14-19-17(15(22)21(14)6-2)8-7-12-9-20(10-13(12)17)16(23)18-11(3)4/h11-13H,5-10H2,1-4H3,(H,18,23)/t12-,13+,17-/m0/s1. The second-order valence-electron chi connectivity index (χ2n) is 7.27. The van der Waals surface area contributed by atoms with E-state index in [1.54, 1.807) is 0 Å². The highest BCUT2D eigenvalue weighted by Crippen LogP contribution is 2.50. The number of carbonyl (C=O) groups is 2. The van der Waals surface area contributed by atoms with E-state index in [0.29, 0.717) is 19.0 Å². The van der Waals surface area contributed by atoms with Gasteiger partial charge in [-0.1, -0.05) is 6.92 Å². The number of aliphatic imine (C=N–C) groups is 1. The van der Waals surface area contributed by atoms with Crippen molar-refractivity contribution in [2.45, 2.75) is 58.5 Å². The van der Waals surface area contributed by atoms with Crippen LogP contribution in [0.2, 0.25) is 0 Å². The molecule has 0 aromatic carbocycles. The third kappa shape index (κ3) is 2.42. The van der Waals surface area contributed by atoms with Gasteiger partial charge in [-0.25, -0.2) is 4.79 Å². The molecule has 1 N–H and O–H groups in total. The topological polar surface area (TPSA) is 65.0 Å². The molecule has 6 nitrogen and oxygen atoms in total. The fraction of sp³-hybridized carbons (Fsp3) is 0.824. The summed E-state index contributed by atoms with van der Waals surface area (Å²) in [6, 6.07) is 0.118. The zero-order valence-corrected chi connectivity index (χ0v) is 14.6. The molecule has 6 heteroatoms. The maximum atomic E-state index is 13.0. The van der Waals surface area contributed by atoms with Crippen LogP contribution >= 0.6 is 0 Å². The van der Waals surface area contributed by atoms with Gasteiger partial charge < -0.3 is 10.2 Å². The minimum absolute atomic E-state index is 0.0120. The van der Waals surface area contributed by atoms with Crippen LogP contribution in [0.3, 0.4) is 0 Å². The van der Waals surface area contributed by atoms with Crippen LogP contribution in [0.1, 0.15) is 47.0 Å². The van der Waals surface area contributed by atoms with Gasteiger partial charge in [-0.05, 0) is 39.5 Å². The number of hydrogen-bond donors (Lipinski definition) is 1. The van der Waals surface area contributed by atoms with Crippen LogP contribution in [0.5, 0.6) is 0 Å². The quantitative estimate of drug-likeness (QED) is 0.862. The van der Waals surface area contributed by atoms with Gasteiger partial charge in [0.25, 0.3) is 5.91 Å². The predicted octanol–water partition coefficient (Wildman–Crippen LogP) is 1.86. The van der Waals surface area contributed by atoms with Crippen LogP contribution in [0.15, 0.2) is 4.99 Å². The van der Waals surface area contributed by atoms with E-state index in [0.717, 1.165) is 31.6 Å². The van der Waals surface area contributed by atoms with E-state index < -0.39 is 5.54 Å². The number of rotatable bonds is 3. The number of nitrogens with one attached hydrogen (secondary N) is 1. The Balaban J connectivity index is 1.81. The van der Waals surface area contributed by atoms with Crippen LogP contribution in [-0.2, 0) is 4.79 Å². The highest BCUT2D eigenvalue weighted by Gasteiger charge is 2.61. The monoisotopic (exact) mass is 320 g/mol. The largest absolute Gasteiger partial charge is 0.336 e. The lowest BCUT2D eigenvalue weighted by Crippen LogP contribution is -2.48. The van der Waals surface area contributed by atoms with Gasteiger partial charge in [0.1, 0.15) is 11.4 Å². The zero-order chi connectivity index (χ0) is 16.8. The molecule has 0 bridgehead atoms. The number of hydrogen-bond acceptors (Lipinski definition) is 3. The highest BCUT2D eigenvalue weighted by molar-refractivity contribution is 6.08.